The molecule has 3 amide bonds. The SMILES string of the molecule is C[C@H]1CN([C@@H](C)CO)C(=O)c2cc(NC(=O)Nc3cccc4ccccc34)ccc2O[C@H]1CN(C)S(=O)(=O)c1cccs1. The summed E-state index contributed by atoms with van der Waals surface area (Å²) in [4.78, 5) is 28.3. The second-order valence-corrected chi connectivity index (χ2v) is 13.9. The fourth-order valence-corrected chi connectivity index (χ4v) is 7.44. The van der Waals surface area contributed by atoms with Crippen molar-refractivity contribution >= 4 is 55.4 Å². The summed E-state index contributed by atoms with van der Waals surface area (Å²) in [6, 6.07) is 20.4. The van der Waals surface area contributed by atoms with E-state index in [9.17, 15) is 23.1 Å². The third-order valence-corrected chi connectivity index (χ3v) is 10.8. The van der Waals surface area contributed by atoms with Crippen LogP contribution >= 0.6 is 11.3 Å². The van der Waals surface area contributed by atoms with E-state index in [0.29, 0.717) is 11.4 Å². The predicted molar refractivity (Wildman–Crippen MR) is 168 cm³/mol. The number of aliphatic hydroxyl groups is 1. The molecule has 0 saturated heterocycles. The van der Waals surface area contributed by atoms with Gasteiger partial charge in [-0.15, -0.1) is 11.3 Å². The number of hydrogen-bond donors (Lipinski definition) is 3. The van der Waals surface area contributed by atoms with Crippen LogP contribution < -0.4 is 15.4 Å². The van der Waals surface area contributed by atoms with Crippen LogP contribution in [0.15, 0.2) is 82.4 Å². The Morgan fingerprint density at radius 1 is 1.12 bits per heavy atom. The van der Waals surface area contributed by atoms with Crippen molar-refractivity contribution in [2.24, 2.45) is 5.92 Å². The van der Waals surface area contributed by atoms with Gasteiger partial charge >= 0.3 is 6.03 Å². The summed E-state index contributed by atoms with van der Waals surface area (Å²) in [6.07, 6.45) is -0.603. The molecule has 0 aliphatic carbocycles. The van der Waals surface area contributed by atoms with Gasteiger partial charge in [0.2, 0.25) is 0 Å². The Hall–Kier alpha value is -3.97. The number of rotatable bonds is 8. The fraction of sp³-hybridized carbons (Fsp3) is 0.290. The van der Waals surface area contributed by atoms with Crippen LogP contribution in [-0.2, 0) is 10.0 Å². The average Bonchev–Trinajstić information content (AvgIpc) is 3.55. The number of hydrogen-bond acceptors (Lipinski definition) is 7. The first-order valence-electron chi connectivity index (χ1n) is 13.9. The molecule has 0 radical (unpaired) electrons. The summed E-state index contributed by atoms with van der Waals surface area (Å²) in [6.45, 7) is 3.66. The summed E-state index contributed by atoms with van der Waals surface area (Å²) in [7, 11) is -2.22. The molecule has 5 rings (SSSR count). The van der Waals surface area contributed by atoms with Gasteiger partial charge in [0.25, 0.3) is 15.9 Å². The first-order valence-corrected chi connectivity index (χ1v) is 16.2. The largest absolute Gasteiger partial charge is 0.488 e. The van der Waals surface area contributed by atoms with E-state index in [-0.39, 0.29) is 47.0 Å². The molecule has 10 nitrogen and oxygen atoms in total. The second-order valence-electron chi connectivity index (χ2n) is 10.7. The van der Waals surface area contributed by atoms with Crippen LogP contribution in [0.4, 0.5) is 16.2 Å². The highest BCUT2D eigenvalue weighted by molar-refractivity contribution is 7.91. The number of ether oxygens (including phenoxy) is 1. The van der Waals surface area contributed by atoms with Crippen molar-refractivity contribution < 1.29 is 27.9 Å². The zero-order valence-corrected chi connectivity index (χ0v) is 25.7. The average molecular weight is 623 g/mol. The van der Waals surface area contributed by atoms with Gasteiger partial charge in [0.1, 0.15) is 16.1 Å². The number of urea groups is 1. The van der Waals surface area contributed by atoms with Crippen LogP contribution in [0.2, 0.25) is 0 Å². The maximum atomic E-state index is 13.8. The Bertz CT molecular complexity index is 1720. The van der Waals surface area contributed by atoms with E-state index in [1.165, 1.54) is 17.4 Å². The number of carbonyl (C=O) groups excluding carboxylic acids is 2. The first kappa shape index (κ1) is 30.5. The monoisotopic (exact) mass is 622 g/mol. The number of aliphatic hydroxyl groups excluding tert-OH is 1. The van der Waals surface area contributed by atoms with Gasteiger partial charge in [0, 0.05) is 30.6 Å². The third-order valence-electron chi connectivity index (χ3n) is 7.56. The third kappa shape index (κ3) is 6.52. The molecule has 226 valence electrons. The van der Waals surface area contributed by atoms with E-state index in [4.69, 9.17) is 4.74 Å². The summed E-state index contributed by atoms with van der Waals surface area (Å²) >= 11 is 1.14. The van der Waals surface area contributed by atoms with Crippen LogP contribution in [0, 0.1) is 5.92 Å². The molecule has 3 atom stereocenters. The van der Waals surface area contributed by atoms with E-state index >= 15 is 0 Å². The van der Waals surface area contributed by atoms with Gasteiger partial charge in [-0.25, -0.2) is 13.2 Å². The normalized spacial score (nSPS) is 18.0. The minimum atomic E-state index is -3.73. The van der Waals surface area contributed by atoms with Gasteiger partial charge in [0.05, 0.1) is 30.4 Å². The number of nitrogens with zero attached hydrogens (tertiary/aromatic N) is 2. The maximum absolute atomic E-state index is 13.8. The first-order chi connectivity index (χ1) is 20.6. The molecule has 3 N–H and O–H groups in total. The number of nitrogens with one attached hydrogen (secondary N) is 2. The van der Waals surface area contributed by atoms with Crippen molar-refractivity contribution in [1.82, 2.24) is 9.21 Å². The number of carbonyl (C=O) groups is 2. The van der Waals surface area contributed by atoms with Crippen LogP contribution in [-0.4, -0.2) is 73.6 Å². The number of sulfonamides is 1. The summed E-state index contributed by atoms with van der Waals surface area (Å²) in [5, 5.41) is 19.2. The summed E-state index contributed by atoms with van der Waals surface area (Å²) < 4.78 is 34.1. The van der Waals surface area contributed by atoms with E-state index < -0.39 is 28.2 Å². The Morgan fingerprint density at radius 2 is 1.88 bits per heavy atom. The Labute approximate surface area is 254 Å². The van der Waals surface area contributed by atoms with Gasteiger partial charge in [-0.2, -0.15) is 4.31 Å². The minimum Gasteiger partial charge on any atom is -0.488 e. The van der Waals surface area contributed by atoms with Crippen molar-refractivity contribution in [3.8, 4) is 5.75 Å². The second kappa shape index (κ2) is 12.7. The van der Waals surface area contributed by atoms with Crippen LogP contribution in [0.3, 0.4) is 0 Å². The molecule has 0 unspecified atom stereocenters. The van der Waals surface area contributed by atoms with E-state index in [1.54, 1.807) is 41.5 Å². The molecule has 4 aromatic rings. The molecular formula is C31H34N4O6S2. The molecule has 1 aromatic heterocycles. The maximum Gasteiger partial charge on any atom is 0.323 e. The van der Waals surface area contributed by atoms with Crippen LogP contribution in [0.5, 0.6) is 5.75 Å². The summed E-state index contributed by atoms with van der Waals surface area (Å²) in [5.41, 5.74) is 1.21. The number of fused-ring (bicyclic) bond motifs is 2. The van der Waals surface area contributed by atoms with Crippen LogP contribution in [0.1, 0.15) is 24.2 Å². The smallest absolute Gasteiger partial charge is 0.323 e. The number of amides is 3. The lowest BCUT2D eigenvalue weighted by atomic mass is 9.99. The van der Waals surface area contributed by atoms with Crippen molar-refractivity contribution in [3.05, 3.63) is 83.7 Å². The lowest BCUT2D eigenvalue weighted by Crippen LogP contribution is -2.50. The molecular weight excluding hydrogens is 588 g/mol. The zero-order valence-electron chi connectivity index (χ0n) is 24.1. The highest BCUT2D eigenvalue weighted by Gasteiger charge is 2.35. The van der Waals surface area contributed by atoms with Gasteiger partial charge in [-0.3, -0.25) is 4.79 Å². The molecule has 2 heterocycles. The Kier molecular flexibility index (Phi) is 9.02. The molecule has 1 aliphatic rings. The van der Waals surface area contributed by atoms with E-state index in [2.05, 4.69) is 10.6 Å². The predicted octanol–water partition coefficient (Wildman–Crippen LogP) is 5.09. The van der Waals surface area contributed by atoms with Crippen LogP contribution in [0.25, 0.3) is 10.8 Å². The number of likely N-dealkylation sites (N-methyl/N-ethyl adjacent to an activating group) is 1. The van der Waals surface area contributed by atoms with Gasteiger partial charge in [0.15, 0.2) is 0 Å². The minimum absolute atomic E-state index is 0.0455. The Morgan fingerprint density at radius 3 is 2.63 bits per heavy atom. The standard InChI is InChI=1S/C31H34N4O6S2/c1-20-17-35(21(2)19-36)30(37)25-16-23(32-31(38)33-26-11-6-9-22-8-4-5-10-24(22)26)13-14-27(25)41-28(20)18-34(3)43(39,40)29-12-7-15-42-29/h4-16,20-21,28,36H,17-19H2,1-3H3,(H2,32,33,38)/t20-,21-,28-/m0/s1. The molecule has 0 spiro atoms. The fourth-order valence-electron chi connectivity index (χ4n) is 5.05. The van der Waals surface area contributed by atoms with Gasteiger partial charge in [-0.1, -0.05) is 49.4 Å². The molecule has 0 bridgehead atoms. The Balaban J connectivity index is 1.41. The molecule has 1 aliphatic heterocycles. The quantitative estimate of drug-likeness (QED) is 0.251. The van der Waals surface area contributed by atoms with Crippen molar-refractivity contribution in [3.63, 3.8) is 0 Å². The van der Waals surface area contributed by atoms with Gasteiger partial charge < -0.3 is 25.4 Å². The van der Waals surface area contributed by atoms with E-state index in [0.717, 1.165) is 22.1 Å². The number of anilines is 2. The highest BCUT2D eigenvalue weighted by Crippen LogP contribution is 2.32. The molecule has 43 heavy (non-hydrogen) atoms. The lowest BCUT2D eigenvalue weighted by molar-refractivity contribution is 0.0387. The number of thiophene rings is 1. The summed E-state index contributed by atoms with van der Waals surface area (Å²) in [5.74, 6) is -0.366. The topological polar surface area (TPSA) is 128 Å². The van der Waals surface area contributed by atoms with E-state index in [1.807, 2.05) is 49.4 Å². The van der Waals surface area contributed by atoms with Crippen molar-refractivity contribution in [2.75, 3.05) is 37.4 Å². The van der Waals surface area contributed by atoms with Crippen molar-refractivity contribution in [2.45, 2.75) is 30.2 Å². The lowest BCUT2D eigenvalue weighted by Gasteiger charge is -2.38. The molecule has 3 aromatic carbocycles. The molecule has 12 heteroatoms. The van der Waals surface area contributed by atoms with Crippen molar-refractivity contribution in [1.29, 1.82) is 0 Å². The number of benzene rings is 3. The molecule has 0 fully saturated rings. The molecule has 0 saturated carbocycles. The highest BCUT2D eigenvalue weighted by atomic mass is 32.2. The van der Waals surface area contributed by atoms with Gasteiger partial charge in [-0.05, 0) is 48.0 Å². The zero-order chi connectivity index (χ0) is 30.7.